The van der Waals surface area contributed by atoms with E-state index in [1.165, 1.54) is 23.0 Å². The van der Waals surface area contributed by atoms with Gasteiger partial charge in [0.05, 0.1) is 12.1 Å². The van der Waals surface area contributed by atoms with Gasteiger partial charge in [0, 0.05) is 19.8 Å². The van der Waals surface area contributed by atoms with Gasteiger partial charge in [0.1, 0.15) is 24.1 Å². The van der Waals surface area contributed by atoms with Gasteiger partial charge in [-0.15, -0.1) is 0 Å². The summed E-state index contributed by atoms with van der Waals surface area (Å²) in [5.41, 5.74) is 0.281. The molecule has 0 fully saturated rings. The standard InChI is InChI=1S/C26H35F4N5O3/c1-5-17(3)8-7-9-21(33-25(38)22-12-13-31-35(22)6-2)24(37)32-20-11-10-18(14-19(20)27)15-23(36)34(4)16-26(28,29)30/h10-14,17,21H,5-9,15-16H2,1-4H3,(H,32,37)(H,33,38)/t17-,21?/m1/s1. The SMILES string of the molecule is CC[C@@H](C)CCCC(NC(=O)c1ccnn1CC)C(=O)Nc1ccc(CC(=O)N(C)CC(F)(F)F)cc1F. The molecule has 2 atom stereocenters. The van der Waals surface area contributed by atoms with E-state index in [1.807, 2.05) is 6.92 Å². The molecule has 38 heavy (non-hydrogen) atoms. The van der Waals surface area contributed by atoms with Crippen molar-refractivity contribution >= 4 is 23.4 Å². The van der Waals surface area contributed by atoms with E-state index in [1.54, 1.807) is 6.07 Å². The second kappa shape index (κ2) is 13.9. The average molecular weight is 542 g/mol. The fourth-order valence-corrected chi connectivity index (χ4v) is 3.81. The summed E-state index contributed by atoms with van der Waals surface area (Å²) in [5.74, 6) is -2.33. The van der Waals surface area contributed by atoms with Crippen molar-refractivity contribution in [2.24, 2.45) is 5.92 Å². The molecule has 210 valence electrons. The smallest absolute Gasteiger partial charge is 0.339 e. The lowest BCUT2D eigenvalue weighted by Crippen LogP contribution is -2.44. The van der Waals surface area contributed by atoms with Gasteiger partial charge in [-0.05, 0) is 43.0 Å². The molecule has 2 rings (SSSR count). The molecule has 1 unspecified atom stereocenters. The zero-order chi connectivity index (χ0) is 28.5. The number of hydrogen-bond acceptors (Lipinski definition) is 4. The Kier molecular flexibility index (Phi) is 11.3. The van der Waals surface area contributed by atoms with Gasteiger partial charge in [0.15, 0.2) is 0 Å². The molecule has 0 aliphatic heterocycles. The number of amides is 3. The van der Waals surface area contributed by atoms with Crippen LogP contribution >= 0.6 is 0 Å². The lowest BCUT2D eigenvalue weighted by molar-refractivity contribution is -0.157. The van der Waals surface area contributed by atoms with Gasteiger partial charge in [-0.3, -0.25) is 19.1 Å². The van der Waals surface area contributed by atoms with Crippen molar-refractivity contribution in [2.45, 2.75) is 71.6 Å². The van der Waals surface area contributed by atoms with E-state index in [2.05, 4.69) is 29.6 Å². The first-order valence-electron chi connectivity index (χ1n) is 12.6. The quantitative estimate of drug-likeness (QED) is 0.364. The van der Waals surface area contributed by atoms with Gasteiger partial charge in [-0.1, -0.05) is 39.2 Å². The van der Waals surface area contributed by atoms with Crippen LogP contribution in [0.4, 0.5) is 23.2 Å². The van der Waals surface area contributed by atoms with E-state index in [4.69, 9.17) is 0 Å². The zero-order valence-electron chi connectivity index (χ0n) is 22.1. The first kappa shape index (κ1) is 30.8. The largest absolute Gasteiger partial charge is 0.406 e. The van der Waals surface area contributed by atoms with Gasteiger partial charge < -0.3 is 15.5 Å². The number of hydrogen-bond donors (Lipinski definition) is 2. The molecule has 0 radical (unpaired) electrons. The first-order valence-corrected chi connectivity index (χ1v) is 12.6. The van der Waals surface area contributed by atoms with E-state index < -0.39 is 48.7 Å². The van der Waals surface area contributed by atoms with Gasteiger partial charge in [-0.2, -0.15) is 18.3 Å². The van der Waals surface area contributed by atoms with Gasteiger partial charge in [-0.25, -0.2) is 4.39 Å². The van der Waals surface area contributed by atoms with Crippen molar-refractivity contribution in [1.29, 1.82) is 0 Å². The molecule has 1 heterocycles. The Labute approximate surface area is 219 Å². The molecular weight excluding hydrogens is 506 g/mol. The topological polar surface area (TPSA) is 96.3 Å². The summed E-state index contributed by atoms with van der Waals surface area (Å²) >= 11 is 0. The number of likely N-dealkylation sites (N-methyl/N-ethyl adjacent to an activating group) is 1. The molecule has 0 saturated carbocycles. The number of aromatic nitrogens is 2. The van der Waals surface area contributed by atoms with Crippen LogP contribution in [0.25, 0.3) is 0 Å². The monoisotopic (exact) mass is 541 g/mol. The molecule has 0 bridgehead atoms. The van der Waals surface area contributed by atoms with E-state index >= 15 is 0 Å². The van der Waals surface area contributed by atoms with Crippen molar-refractivity contribution in [3.05, 3.63) is 47.5 Å². The van der Waals surface area contributed by atoms with Crippen LogP contribution in [0.3, 0.4) is 0 Å². The summed E-state index contributed by atoms with van der Waals surface area (Å²) in [5, 5.41) is 9.26. The number of carbonyl (C=O) groups excluding carboxylic acids is 3. The fourth-order valence-electron chi connectivity index (χ4n) is 3.81. The lowest BCUT2D eigenvalue weighted by Gasteiger charge is -2.20. The van der Waals surface area contributed by atoms with Crippen LogP contribution in [0, 0.1) is 11.7 Å². The van der Waals surface area contributed by atoms with Crippen molar-refractivity contribution in [3.8, 4) is 0 Å². The van der Waals surface area contributed by atoms with Crippen LogP contribution in [0.1, 0.15) is 62.5 Å². The highest BCUT2D eigenvalue weighted by atomic mass is 19.4. The predicted molar refractivity (Wildman–Crippen MR) is 135 cm³/mol. The molecule has 2 aromatic rings. The Morgan fingerprint density at radius 3 is 2.45 bits per heavy atom. The van der Waals surface area contributed by atoms with E-state index in [0.717, 1.165) is 26.0 Å². The van der Waals surface area contributed by atoms with E-state index in [-0.39, 0.29) is 11.3 Å². The third kappa shape index (κ3) is 9.46. The van der Waals surface area contributed by atoms with Crippen LogP contribution in [-0.4, -0.2) is 58.2 Å². The molecule has 0 spiro atoms. The van der Waals surface area contributed by atoms with Crippen molar-refractivity contribution in [3.63, 3.8) is 0 Å². The Morgan fingerprint density at radius 1 is 1.13 bits per heavy atom. The maximum Gasteiger partial charge on any atom is 0.406 e. The van der Waals surface area contributed by atoms with Gasteiger partial charge >= 0.3 is 6.18 Å². The fraction of sp³-hybridized carbons (Fsp3) is 0.538. The molecule has 0 aliphatic carbocycles. The molecule has 0 saturated heterocycles. The maximum atomic E-state index is 14.8. The van der Waals surface area contributed by atoms with E-state index in [9.17, 15) is 31.9 Å². The Hall–Kier alpha value is -3.44. The van der Waals surface area contributed by atoms with Crippen molar-refractivity contribution in [1.82, 2.24) is 20.0 Å². The molecule has 2 N–H and O–H groups in total. The number of aryl methyl sites for hydroxylation is 1. The minimum atomic E-state index is -4.54. The normalized spacial score (nSPS) is 13.1. The molecule has 3 amide bonds. The maximum absolute atomic E-state index is 14.8. The molecule has 1 aromatic heterocycles. The summed E-state index contributed by atoms with van der Waals surface area (Å²) in [6.45, 7) is 5.04. The van der Waals surface area contributed by atoms with Crippen LogP contribution < -0.4 is 10.6 Å². The average Bonchev–Trinajstić information content (AvgIpc) is 3.33. The number of carbonyl (C=O) groups is 3. The number of rotatable bonds is 13. The number of halogens is 4. The third-order valence-electron chi connectivity index (χ3n) is 6.25. The summed E-state index contributed by atoms with van der Waals surface area (Å²) < 4.78 is 53.8. The third-order valence-corrected chi connectivity index (χ3v) is 6.25. The van der Waals surface area contributed by atoms with Crippen LogP contribution in [0.5, 0.6) is 0 Å². The summed E-state index contributed by atoms with van der Waals surface area (Å²) in [7, 11) is 1.02. The molecule has 1 aromatic carbocycles. The van der Waals surface area contributed by atoms with Gasteiger partial charge in [0.2, 0.25) is 11.8 Å². The Bertz CT molecular complexity index is 1100. The zero-order valence-corrected chi connectivity index (χ0v) is 22.1. The van der Waals surface area contributed by atoms with Gasteiger partial charge in [0.25, 0.3) is 5.91 Å². The minimum Gasteiger partial charge on any atom is -0.339 e. The number of nitrogens with zero attached hydrogens (tertiary/aromatic N) is 3. The second-order valence-corrected chi connectivity index (χ2v) is 9.35. The number of benzene rings is 1. The molecule has 12 heteroatoms. The molecular formula is C26H35F4N5O3. The summed E-state index contributed by atoms with van der Waals surface area (Å²) in [4.78, 5) is 38.5. The Morgan fingerprint density at radius 2 is 1.84 bits per heavy atom. The predicted octanol–water partition coefficient (Wildman–Crippen LogP) is 4.56. The molecule has 0 aliphatic rings. The highest BCUT2D eigenvalue weighted by molar-refractivity contribution is 6.00. The van der Waals surface area contributed by atoms with E-state index in [0.29, 0.717) is 35.9 Å². The molecule has 8 nitrogen and oxygen atoms in total. The highest BCUT2D eigenvalue weighted by Crippen LogP contribution is 2.20. The number of anilines is 1. The number of alkyl halides is 3. The number of nitrogens with one attached hydrogen (secondary N) is 2. The Balaban J connectivity index is 2.11. The van der Waals surface area contributed by atoms with Crippen LogP contribution in [0.2, 0.25) is 0 Å². The highest BCUT2D eigenvalue weighted by Gasteiger charge is 2.31. The van der Waals surface area contributed by atoms with Crippen LogP contribution in [0.15, 0.2) is 30.5 Å². The van der Waals surface area contributed by atoms with Crippen molar-refractivity contribution < 1.29 is 31.9 Å². The minimum absolute atomic E-state index is 0.158. The summed E-state index contributed by atoms with van der Waals surface area (Å²) in [6, 6.07) is 4.19. The second-order valence-electron chi connectivity index (χ2n) is 9.35. The summed E-state index contributed by atoms with van der Waals surface area (Å²) in [6.07, 6.45) is -0.665. The first-order chi connectivity index (χ1) is 17.8. The van der Waals surface area contributed by atoms with Crippen LogP contribution in [-0.2, 0) is 22.6 Å². The lowest BCUT2D eigenvalue weighted by atomic mass is 9.99. The van der Waals surface area contributed by atoms with Crippen molar-refractivity contribution in [2.75, 3.05) is 18.9 Å².